The predicted molar refractivity (Wildman–Crippen MR) is 65.4 cm³/mol. The van der Waals surface area contributed by atoms with Gasteiger partial charge in [-0.1, -0.05) is 0 Å². The summed E-state index contributed by atoms with van der Waals surface area (Å²) < 4.78 is -1.21. The summed E-state index contributed by atoms with van der Waals surface area (Å²) in [6, 6.07) is 5.73. The summed E-state index contributed by atoms with van der Waals surface area (Å²) in [5, 5.41) is 28.6. The molecule has 0 unspecified atom stereocenters. The SMILES string of the molecule is CC(C)(Sc1cc(C#N)ccc1[N+](=O)[O-])C(=O)O. The fourth-order valence-corrected chi connectivity index (χ4v) is 2.20. The minimum Gasteiger partial charge on any atom is -0.480 e. The van der Waals surface area contributed by atoms with Gasteiger partial charge in [-0.25, -0.2) is 0 Å². The first kappa shape index (κ1) is 14.0. The van der Waals surface area contributed by atoms with Crippen molar-refractivity contribution >= 4 is 23.4 Å². The number of carboxylic acid groups (broad SMARTS) is 1. The molecule has 6 nitrogen and oxygen atoms in total. The number of benzene rings is 1. The summed E-state index contributed by atoms with van der Waals surface area (Å²) in [7, 11) is 0. The lowest BCUT2D eigenvalue weighted by molar-refractivity contribution is -0.387. The van der Waals surface area contributed by atoms with Crippen molar-refractivity contribution in [2.24, 2.45) is 0 Å². The van der Waals surface area contributed by atoms with Gasteiger partial charge in [0, 0.05) is 6.07 Å². The third-order valence-corrected chi connectivity index (χ3v) is 3.40. The minimum absolute atomic E-state index is 0.173. The quantitative estimate of drug-likeness (QED) is 0.509. The topological polar surface area (TPSA) is 104 Å². The zero-order valence-corrected chi connectivity index (χ0v) is 10.5. The van der Waals surface area contributed by atoms with Gasteiger partial charge in [-0.2, -0.15) is 5.26 Å². The van der Waals surface area contributed by atoms with E-state index in [1.54, 1.807) is 0 Å². The molecule has 1 N–H and O–H groups in total. The number of carbonyl (C=O) groups is 1. The van der Waals surface area contributed by atoms with Crippen molar-refractivity contribution in [3.8, 4) is 6.07 Å². The average molecular weight is 266 g/mol. The molecule has 0 fully saturated rings. The van der Waals surface area contributed by atoms with Crippen molar-refractivity contribution in [2.75, 3.05) is 0 Å². The number of nitrogens with zero attached hydrogens (tertiary/aromatic N) is 2. The molecule has 0 saturated heterocycles. The Morgan fingerprint density at radius 1 is 1.56 bits per heavy atom. The molecule has 1 aromatic rings. The van der Waals surface area contributed by atoms with E-state index in [9.17, 15) is 14.9 Å². The molecule has 0 radical (unpaired) electrons. The zero-order chi connectivity index (χ0) is 13.9. The van der Waals surface area contributed by atoms with Gasteiger partial charge >= 0.3 is 5.97 Å². The van der Waals surface area contributed by atoms with Crippen LogP contribution in [0, 0.1) is 21.4 Å². The van der Waals surface area contributed by atoms with E-state index in [-0.39, 0.29) is 16.1 Å². The number of nitro groups is 1. The molecule has 94 valence electrons. The Balaban J connectivity index is 3.25. The standard InChI is InChI=1S/C11H10N2O4S/c1-11(2,10(14)15)18-9-5-7(6-12)3-4-8(9)13(16)17/h3-5H,1-2H3,(H,14,15). The lowest BCUT2D eigenvalue weighted by atomic mass is 10.2. The highest BCUT2D eigenvalue weighted by molar-refractivity contribution is 8.01. The fraction of sp³-hybridized carbons (Fsp3) is 0.273. The molecule has 0 aliphatic heterocycles. The van der Waals surface area contributed by atoms with Crippen LogP contribution in [0.1, 0.15) is 19.4 Å². The largest absolute Gasteiger partial charge is 0.480 e. The molecule has 0 aromatic heterocycles. The first-order valence-electron chi connectivity index (χ1n) is 4.89. The van der Waals surface area contributed by atoms with Gasteiger partial charge in [0.25, 0.3) is 5.69 Å². The second kappa shape index (κ2) is 5.06. The molecule has 18 heavy (non-hydrogen) atoms. The minimum atomic E-state index is -1.21. The third-order valence-electron chi connectivity index (χ3n) is 2.17. The first-order chi connectivity index (χ1) is 8.27. The van der Waals surface area contributed by atoms with E-state index in [0.717, 1.165) is 11.8 Å². The van der Waals surface area contributed by atoms with Crippen molar-refractivity contribution in [1.82, 2.24) is 0 Å². The van der Waals surface area contributed by atoms with Crippen LogP contribution in [0.5, 0.6) is 0 Å². The molecule has 0 bridgehead atoms. The fourth-order valence-electron chi connectivity index (χ4n) is 1.13. The summed E-state index contributed by atoms with van der Waals surface area (Å²) in [6.45, 7) is 2.89. The summed E-state index contributed by atoms with van der Waals surface area (Å²) in [4.78, 5) is 21.4. The van der Waals surface area contributed by atoms with E-state index >= 15 is 0 Å². The van der Waals surface area contributed by atoms with Gasteiger partial charge in [0.2, 0.25) is 0 Å². The van der Waals surface area contributed by atoms with Gasteiger partial charge in [-0.15, -0.1) is 11.8 Å². The monoisotopic (exact) mass is 266 g/mol. The van der Waals surface area contributed by atoms with E-state index in [0.29, 0.717) is 0 Å². The maximum absolute atomic E-state index is 11.0. The van der Waals surface area contributed by atoms with Gasteiger partial charge in [0.1, 0.15) is 4.75 Å². The van der Waals surface area contributed by atoms with Crippen LogP contribution >= 0.6 is 11.8 Å². The highest BCUT2D eigenvalue weighted by Gasteiger charge is 2.31. The van der Waals surface area contributed by atoms with Gasteiger partial charge in [-0.3, -0.25) is 14.9 Å². The molecule has 1 rings (SSSR count). The van der Waals surface area contributed by atoms with Crippen molar-refractivity contribution in [3.05, 3.63) is 33.9 Å². The van der Waals surface area contributed by atoms with Crippen LogP contribution in [0.4, 0.5) is 5.69 Å². The highest BCUT2D eigenvalue weighted by atomic mass is 32.2. The van der Waals surface area contributed by atoms with Crippen LogP contribution in [-0.2, 0) is 4.79 Å². The molecular formula is C11H10N2O4S. The van der Waals surface area contributed by atoms with Gasteiger partial charge in [0.15, 0.2) is 0 Å². The van der Waals surface area contributed by atoms with Gasteiger partial charge in [0.05, 0.1) is 21.5 Å². The van der Waals surface area contributed by atoms with Crippen LogP contribution in [0.25, 0.3) is 0 Å². The van der Waals surface area contributed by atoms with Crippen molar-refractivity contribution < 1.29 is 14.8 Å². The molecular weight excluding hydrogens is 256 g/mol. The molecule has 1 aromatic carbocycles. The number of thioether (sulfide) groups is 1. The first-order valence-corrected chi connectivity index (χ1v) is 5.70. The zero-order valence-electron chi connectivity index (χ0n) is 9.71. The Labute approximate surface area is 107 Å². The lowest BCUT2D eigenvalue weighted by Crippen LogP contribution is -2.27. The number of nitro benzene ring substituents is 1. The van der Waals surface area contributed by atoms with E-state index in [4.69, 9.17) is 10.4 Å². The number of rotatable bonds is 4. The Bertz CT molecular complexity index is 548. The maximum atomic E-state index is 11.0. The Kier molecular flexibility index (Phi) is 3.93. The molecule has 0 heterocycles. The van der Waals surface area contributed by atoms with Gasteiger partial charge in [-0.05, 0) is 26.0 Å². The summed E-state index contributed by atoms with van der Waals surface area (Å²) in [6.07, 6.45) is 0. The predicted octanol–water partition coefficient (Wildman–Crippen LogP) is 2.42. The average Bonchev–Trinajstić information content (AvgIpc) is 2.27. The van der Waals surface area contributed by atoms with E-state index < -0.39 is 15.6 Å². The van der Waals surface area contributed by atoms with Crippen molar-refractivity contribution in [3.63, 3.8) is 0 Å². The normalized spacial score (nSPS) is 10.7. The van der Waals surface area contributed by atoms with E-state index in [2.05, 4.69) is 0 Å². The molecule has 0 spiro atoms. The second-order valence-electron chi connectivity index (χ2n) is 3.97. The highest BCUT2D eigenvalue weighted by Crippen LogP contribution is 2.38. The number of hydrogen-bond donors (Lipinski definition) is 1. The number of aliphatic carboxylic acids is 1. The second-order valence-corrected chi connectivity index (χ2v) is 5.63. The smallest absolute Gasteiger partial charge is 0.319 e. The molecule has 0 amide bonds. The Morgan fingerprint density at radius 3 is 2.61 bits per heavy atom. The number of hydrogen-bond acceptors (Lipinski definition) is 5. The van der Waals surface area contributed by atoms with Crippen molar-refractivity contribution in [1.29, 1.82) is 5.26 Å². The van der Waals surface area contributed by atoms with Crippen LogP contribution in [-0.4, -0.2) is 20.7 Å². The van der Waals surface area contributed by atoms with Crippen LogP contribution < -0.4 is 0 Å². The van der Waals surface area contributed by atoms with Crippen LogP contribution in [0.15, 0.2) is 23.1 Å². The van der Waals surface area contributed by atoms with Crippen LogP contribution in [0.2, 0.25) is 0 Å². The Hall–Kier alpha value is -2.07. The summed E-state index contributed by atoms with van der Waals surface area (Å²) >= 11 is 0.846. The maximum Gasteiger partial charge on any atom is 0.319 e. The van der Waals surface area contributed by atoms with E-state index in [1.165, 1.54) is 32.0 Å². The molecule has 0 atom stereocenters. The Morgan fingerprint density at radius 2 is 2.17 bits per heavy atom. The number of carboxylic acids is 1. The third kappa shape index (κ3) is 2.99. The summed E-state index contributed by atoms with van der Waals surface area (Å²) in [5.74, 6) is -1.08. The number of nitriles is 1. The molecule has 0 saturated carbocycles. The van der Waals surface area contributed by atoms with Crippen molar-refractivity contribution in [2.45, 2.75) is 23.5 Å². The summed E-state index contributed by atoms with van der Waals surface area (Å²) in [5.41, 5.74) is 0.0533. The molecule has 0 aliphatic carbocycles. The van der Waals surface area contributed by atoms with E-state index in [1.807, 2.05) is 6.07 Å². The van der Waals surface area contributed by atoms with Gasteiger partial charge < -0.3 is 5.11 Å². The molecule has 0 aliphatic rings. The van der Waals surface area contributed by atoms with Crippen LogP contribution in [0.3, 0.4) is 0 Å². The molecule has 7 heteroatoms. The lowest BCUT2D eigenvalue weighted by Gasteiger charge is -2.18.